The minimum Gasteiger partial charge on any atom is -0.396 e. The number of nitrogens with zero attached hydrogens (tertiary/aromatic N) is 3. The second-order valence-electron chi connectivity index (χ2n) is 8.12. The molecule has 1 aromatic carbocycles. The Morgan fingerprint density at radius 3 is 2.73 bits per heavy atom. The van der Waals surface area contributed by atoms with Crippen LogP contribution in [0, 0.1) is 19.3 Å². The minimum absolute atomic E-state index is 0.0165. The predicted octanol–water partition coefficient (Wildman–Crippen LogP) is 2.39. The predicted molar refractivity (Wildman–Crippen MR) is 120 cm³/mol. The van der Waals surface area contributed by atoms with E-state index < -0.39 is 0 Å². The molecule has 7 nitrogen and oxygen atoms in total. The molecule has 0 saturated carbocycles. The van der Waals surface area contributed by atoms with Gasteiger partial charge in [-0.2, -0.15) is 5.10 Å². The van der Waals surface area contributed by atoms with Gasteiger partial charge in [0.05, 0.1) is 25.4 Å². The van der Waals surface area contributed by atoms with Gasteiger partial charge in [0.2, 0.25) is 0 Å². The minimum atomic E-state index is -0.0165. The van der Waals surface area contributed by atoms with Gasteiger partial charge in [0.15, 0.2) is 5.96 Å². The highest BCUT2D eigenvalue weighted by Gasteiger charge is 2.34. The summed E-state index contributed by atoms with van der Waals surface area (Å²) in [6.45, 7) is 10.7. The molecule has 1 fully saturated rings. The summed E-state index contributed by atoms with van der Waals surface area (Å²) in [4.78, 5) is 4.82. The van der Waals surface area contributed by atoms with Crippen molar-refractivity contribution in [3.63, 3.8) is 0 Å². The van der Waals surface area contributed by atoms with Crippen LogP contribution in [0.3, 0.4) is 0 Å². The van der Waals surface area contributed by atoms with Crippen molar-refractivity contribution >= 4 is 5.96 Å². The van der Waals surface area contributed by atoms with Crippen molar-refractivity contribution in [2.75, 3.05) is 32.9 Å². The summed E-state index contributed by atoms with van der Waals surface area (Å²) >= 11 is 0. The number of aromatic nitrogens is 2. The Morgan fingerprint density at radius 2 is 2.07 bits per heavy atom. The van der Waals surface area contributed by atoms with Crippen LogP contribution in [0.2, 0.25) is 0 Å². The molecular weight excluding hydrogens is 378 g/mol. The Hall–Kier alpha value is -2.38. The molecule has 1 unspecified atom stereocenters. The van der Waals surface area contributed by atoms with Crippen LogP contribution >= 0.6 is 0 Å². The lowest BCUT2D eigenvalue weighted by atomic mass is 9.84. The number of hydrogen-bond donors (Lipinski definition) is 3. The molecule has 0 radical (unpaired) electrons. The van der Waals surface area contributed by atoms with Crippen LogP contribution in [0.5, 0.6) is 0 Å². The van der Waals surface area contributed by atoms with Gasteiger partial charge in [-0.25, -0.2) is 4.99 Å². The molecule has 3 N–H and O–H groups in total. The first-order chi connectivity index (χ1) is 14.6. The summed E-state index contributed by atoms with van der Waals surface area (Å²) < 4.78 is 7.65. The number of aliphatic hydroxyl groups is 1. The zero-order valence-electron chi connectivity index (χ0n) is 18.4. The second-order valence-corrected chi connectivity index (χ2v) is 8.12. The first-order valence-corrected chi connectivity index (χ1v) is 10.8. The van der Waals surface area contributed by atoms with E-state index in [0.29, 0.717) is 13.2 Å². The number of aryl methyl sites for hydroxylation is 1. The molecular formula is C23H35N5O2. The second kappa shape index (κ2) is 10.6. The average molecular weight is 414 g/mol. The number of ether oxygens (including phenoxy) is 1. The largest absolute Gasteiger partial charge is 0.396 e. The summed E-state index contributed by atoms with van der Waals surface area (Å²) in [6.07, 6.45) is 1.70. The molecule has 30 heavy (non-hydrogen) atoms. The molecule has 0 bridgehead atoms. The fourth-order valence-corrected chi connectivity index (χ4v) is 3.96. The SMILES string of the molecule is CCNC(=NCc1c(C)nn(Cc2ccccc2)c1C)NCC1(CCO)CCOC1. The third-order valence-electron chi connectivity index (χ3n) is 5.90. The normalized spacial score (nSPS) is 19.3. The molecule has 1 aliphatic rings. The quantitative estimate of drug-likeness (QED) is 0.434. The van der Waals surface area contributed by atoms with E-state index in [4.69, 9.17) is 14.8 Å². The van der Waals surface area contributed by atoms with Gasteiger partial charge in [-0.05, 0) is 39.2 Å². The number of benzene rings is 1. The smallest absolute Gasteiger partial charge is 0.191 e. The maximum Gasteiger partial charge on any atom is 0.191 e. The molecule has 1 aromatic heterocycles. The van der Waals surface area contributed by atoms with Gasteiger partial charge in [-0.1, -0.05) is 30.3 Å². The number of guanidine groups is 1. The van der Waals surface area contributed by atoms with E-state index in [1.807, 2.05) is 13.0 Å². The van der Waals surface area contributed by atoms with E-state index in [2.05, 4.69) is 53.4 Å². The van der Waals surface area contributed by atoms with E-state index >= 15 is 0 Å². The van der Waals surface area contributed by atoms with Crippen molar-refractivity contribution in [1.82, 2.24) is 20.4 Å². The summed E-state index contributed by atoms with van der Waals surface area (Å²) in [6, 6.07) is 10.4. The van der Waals surface area contributed by atoms with E-state index in [-0.39, 0.29) is 12.0 Å². The van der Waals surface area contributed by atoms with Gasteiger partial charge in [-0.3, -0.25) is 4.68 Å². The molecule has 2 heterocycles. The molecule has 0 amide bonds. The molecule has 0 spiro atoms. The lowest BCUT2D eigenvalue weighted by molar-refractivity contribution is 0.127. The van der Waals surface area contributed by atoms with E-state index in [1.54, 1.807) is 0 Å². The highest BCUT2D eigenvalue weighted by Crippen LogP contribution is 2.31. The fraction of sp³-hybridized carbons (Fsp3) is 0.565. The number of aliphatic hydroxyl groups excluding tert-OH is 1. The van der Waals surface area contributed by atoms with Gasteiger partial charge >= 0.3 is 0 Å². The Morgan fingerprint density at radius 1 is 1.27 bits per heavy atom. The van der Waals surface area contributed by atoms with Crippen LogP contribution < -0.4 is 10.6 Å². The molecule has 2 aromatic rings. The zero-order chi connectivity index (χ0) is 21.4. The molecule has 1 aliphatic heterocycles. The Bertz CT molecular complexity index is 826. The standard InChI is InChI=1S/C23H35N5O2/c1-4-24-22(26-16-23(10-12-29)11-13-30-17-23)25-14-21-18(2)27-28(19(21)3)15-20-8-6-5-7-9-20/h5-9,29H,4,10-17H2,1-3H3,(H2,24,25,26). The number of rotatable bonds is 9. The van der Waals surface area contributed by atoms with E-state index in [9.17, 15) is 5.11 Å². The fourth-order valence-electron chi connectivity index (χ4n) is 3.96. The summed E-state index contributed by atoms with van der Waals surface area (Å²) in [5.41, 5.74) is 4.55. The Kier molecular flexibility index (Phi) is 7.87. The van der Waals surface area contributed by atoms with Gasteiger partial charge < -0.3 is 20.5 Å². The van der Waals surface area contributed by atoms with Gasteiger partial charge in [-0.15, -0.1) is 0 Å². The molecule has 164 valence electrons. The Balaban J connectivity index is 1.68. The molecule has 0 aliphatic carbocycles. The molecule has 3 rings (SSSR count). The van der Waals surface area contributed by atoms with E-state index in [0.717, 1.165) is 62.0 Å². The van der Waals surface area contributed by atoms with Crippen LogP contribution in [0.15, 0.2) is 35.3 Å². The monoisotopic (exact) mass is 413 g/mol. The third-order valence-corrected chi connectivity index (χ3v) is 5.90. The van der Waals surface area contributed by atoms with E-state index in [1.165, 1.54) is 5.56 Å². The average Bonchev–Trinajstić information content (AvgIpc) is 3.31. The van der Waals surface area contributed by atoms with Gasteiger partial charge in [0, 0.05) is 43.0 Å². The highest BCUT2D eigenvalue weighted by atomic mass is 16.5. The number of nitrogens with one attached hydrogen (secondary N) is 2. The maximum atomic E-state index is 9.44. The Labute approximate surface area is 179 Å². The van der Waals surface area contributed by atoms with Crippen molar-refractivity contribution in [2.24, 2.45) is 10.4 Å². The maximum absolute atomic E-state index is 9.44. The van der Waals surface area contributed by atoms with Crippen LogP contribution in [0.1, 0.15) is 42.3 Å². The first-order valence-electron chi connectivity index (χ1n) is 10.8. The molecule has 1 saturated heterocycles. The van der Waals surface area contributed by atoms with Gasteiger partial charge in [0.1, 0.15) is 0 Å². The highest BCUT2D eigenvalue weighted by molar-refractivity contribution is 5.79. The first kappa shape index (κ1) is 22.3. The summed E-state index contributed by atoms with van der Waals surface area (Å²) in [5.74, 6) is 0.788. The van der Waals surface area contributed by atoms with Crippen LogP contribution in [0.25, 0.3) is 0 Å². The van der Waals surface area contributed by atoms with Gasteiger partial charge in [0.25, 0.3) is 0 Å². The van der Waals surface area contributed by atoms with Crippen molar-refractivity contribution in [3.05, 3.63) is 52.8 Å². The van der Waals surface area contributed by atoms with Crippen molar-refractivity contribution in [2.45, 2.75) is 46.7 Å². The lowest BCUT2D eigenvalue weighted by Gasteiger charge is -2.27. The molecule has 1 atom stereocenters. The van der Waals surface area contributed by atoms with Crippen LogP contribution in [-0.2, 0) is 17.8 Å². The topological polar surface area (TPSA) is 83.7 Å². The number of hydrogen-bond acceptors (Lipinski definition) is 4. The summed E-state index contributed by atoms with van der Waals surface area (Å²) in [7, 11) is 0. The zero-order valence-corrected chi connectivity index (χ0v) is 18.4. The van der Waals surface area contributed by atoms with Crippen LogP contribution in [0.4, 0.5) is 0 Å². The number of aliphatic imine (C=N–C) groups is 1. The lowest BCUT2D eigenvalue weighted by Crippen LogP contribution is -2.44. The van der Waals surface area contributed by atoms with Crippen LogP contribution in [-0.4, -0.2) is 53.8 Å². The molecule has 7 heteroatoms. The summed E-state index contributed by atoms with van der Waals surface area (Å²) in [5, 5.41) is 21.0. The van der Waals surface area contributed by atoms with Crippen molar-refractivity contribution in [3.8, 4) is 0 Å². The van der Waals surface area contributed by atoms with Crippen molar-refractivity contribution in [1.29, 1.82) is 0 Å². The van der Waals surface area contributed by atoms with Crippen molar-refractivity contribution < 1.29 is 9.84 Å². The third kappa shape index (κ3) is 5.61.